The van der Waals surface area contributed by atoms with Crippen LogP contribution in [0.15, 0.2) is 54.6 Å². The van der Waals surface area contributed by atoms with Crippen LogP contribution in [0.2, 0.25) is 0 Å². The van der Waals surface area contributed by atoms with Gasteiger partial charge in [0, 0.05) is 6.54 Å². The van der Waals surface area contributed by atoms with Crippen LogP contribution in [0.5, 0.6) is 11.5 Å². The fourth-order valence-electron chi connectivity index (χ4n) is 1.62. The van der Waals surface area contributed by atoms with Crippen LogP contribution in [0, 0.1) is 0 Å². The van der Waals surface area contributed by atoms with E-state index < -0.39 is 0 Å². The van der Waals surface area contributed by atoms with Crippen molar-refractivity contribution in [1.82, 2.24) is 5.32 Å². The molecule has 98 valence electrons. The van der Waals surface area contributed by atoms with Crippen molar-refractivity contribution in [2.75, 3.05) is 13.2 Å². The van der Waals surface area contributed by atoms with Gasteiger partial charge in [0.15, 0.2) is 0 Å². The summed E-state index contributed by atoms with van der Waals surface area (Å²) in [4.78, 5) is 11.9. The van der Waals surface area contributed by atoms with E-state index in [0.29, 0.717) is 17.1 Å². The summed E-state index contributed by atoms with van der Waals surface area (Å²) in [6.45, 7) is 0.131. The Labute approximate surface area is 111 Å². The molecule has 2 aromatic rings. The summed E-state index contributed by atoms with van der Waals surface area (Å²) in [5.74, 6) is 0.898. The summed E-state index contributed by atoms with van der Waals surface area (Å²) >= 11 is 0. The van der Waals surface area contributed by atoms with E-state index in [1.54, 1.807) is 24.3 Å². The van der Waals surface area contributed by atoms with Crippen molar-refractivity contribution in [1.29, 1.82) is 0 Å². The SMILES string of the molecule is O=C(NCCO)c1ccccc1Oc1ccccc1. The van der Waals surface area contributed by atoms with Crippen LogP contribution in [0.3, 0.4) is 0 Å². The predicted octanol–water partition coefficient (Wildman–Crippen LogP) is 2.20. The normalized spacial score (nSPS) is 9.95. The zero-order chi connectivity index (χ0) is 13.5. The number of para-hydroxylation sites is 2. The molecule has 0 aliphatic rings. The first-order valence-corrected chi connectivity index (χ1v) is 6.02. The largest absolute Gasteiger partial charge is 0.457 e. The number of aliphatic hydroxyl groups is 1. The molecule has 0 radical (unpaired) electrons. The molecule has 1 amide bonds. The molecule has 0 aliphatic carbocycles. The lowest BCUT2D eigenvalue weighted by Gasteiger charge is -2.10. The first-order chi connectivity index (χ1) is 9.31. The van der Waals surface area contributed by atoms with E-state index in [1.807, 2.05) is 30.3 Å². The van der Waals surface area contributed by atoms with E-state index in [2.05, 4.69) is 5.32 Å². The number of hydrogen-bond acceptors (Lipinski definition) is 3. The third kappa shape index (κ3) is 3.56. The maximum Gasteiger partial charge on any atom is 0.255 e. The highest BCUT2D eigenvalue weighted by atomic mass is 16.5. The minimum atomic E-state index is -0.263. The first-order valence-electron chi connectivity index (χ1n) is 6.02. The van der Waals surface area contributed by atoms with Crippen molar-refractivity contribution in [2.24, 2.45) is 0 Å². The number of rotatable bonds is 5. The number of aliphatic hydroxyl groups excluding tert-OH is 1. The molecule has 2 aromatic carbocycles. The second kappa shape index (κ2) is 6.56. The number of nitrogens with one attached hydrogen (secondary N) is 1. The Bertz CT molecular complexity index is 540. The Morgan fingerprint density at radius 2 is 1.74 bits per heavy atom. The molecule has 0 atom stereocenters. The molecule has 0 heterocycles. The van der Waals surface area contributed by atoms with Gasteiger partial charge in [-0.2, -0.15) is 0 Å². The Morgan fingerprint density at radius 1 is 1.05 bits per heavy atom. The van der Waals surface area contributed by atoms with E-state index in [-0.39, 0.29) is 19.1 Å². The van der Waals surface area contributed by atoms with Gasteiger partial charge in [-0.15, -0.1) is 0 Å². The van der Waals surface area contributed by atoms with Gasteiger partial charge in [-0.05, 0) is 24.3 Å². The summed E-state index contributed by atoms with van der Waals surface area (Å²) < 4.78 is 5.69. The molecule has 0 saturated heterocycles. The number of carbonyl (C=O) groups is 1. The van der Waals surface area contributed by atoms with E-state index in [0.717, 1.165) is 0 Å². The molecule has 0 unspecified atom stereocenters. The van der Waals surface area contributed by atoms with Gasteiger partial charge in [-0.1, -0.05) is 30.3 Å². The highest BCUT2D eigenvalue weighted by molar-refractivity contribution is 5.96. The number of carbonyl (C=O) groups excluding carboxylic acids is 1. The summed E-state index contributed by atoms with van der Waals surface area (Å²) in [7, 11) is 0. The van der Waals surface area contributed by atoms with Crippen LogP contribution in [-0.4, -0.2) is 24.2 Å². The van der Waals surface area contributed by atoms with E-state index in [1.165, 1.54) is 0 Å². The molecule has 0 aliphatic heterocycles. The van der Waals surface area contributed by atoms with Crippen LogP contribution in [0.25, 0.3) is 0 Å². The summed E-state index contributed by atoms with van der Waals surface area (Å²) in [6, 6.07) is 16.3. The second-order valence-electron chi connectivity index (χ2n) is 3.89. The van der Waals surface area contributed by atoms with Gasteiger partial charge in [0.25, 0.3) is 5.91 Å². The fraction of sp³-hybridized carbons (Fsp3) is 0.133. The van der Waals surface area contributed by atoms with Gasteiger partial charge in [-0.25, -0.2) is 0 Å². The molecule has 4 heteroatoms. The Balaban J connectivity index is 2.19. The van der Waals surface area contributed by atoms with Crippen molar-refractivity contribution < 1.29 is 14.6 Å². The molecule has 0 bridgehead atoms. The van der Waals surface area contributed by atoms with Gasteiger partial charge in [-0.3, -0.25) is 4.79 Å². The summed E-state index contributed by atoms with van der Waals surface area (Å²) in [6.07, 6.45) is 0. The molecular formula is C15H15NO3. The van der Waals surface area contributed by atoms with Crippen LogP contribution < -0.4 is 10.1 Å². The number of ether oxygens (including phenoxy) is 1. The van der Waals surface area contributed by atoms with Gasteiger partial charge in [0.2, 0.25) is 0 Å². The summed E-state index contributed by atoms with van der Waals surface area (Å²) in [5.41, 5.74) is 0.444. The molecule has 0 spiro atoms. The number of hydrogen-bond donors (Lipinski definition) is 2. The van der Waals surface area contributed by atoms with Crippen molar-refractivity contribution in [3.05, 3.63) is 60.2 Å². The highest BCUT2D eigenvalue weighted by Crippen LogP contribution is 2.24. The predicted molar refractivity (Wildman–Crippen MR) is 72.4 cm³/mol. The van der Waals surface area contributed by atoms with Crippen LogP contribution >= 0.6 is 0 Å². The van der Waals surface area contributed by atoms with Crippen LogP contribution in [0.4, 0.5) is 0 Å². The molecule has 0 saturated carbocycles. The molecule has 19 heavy (non-hydrogen) atoms. The van der Waals surface area contributed by atoms with E-state index in [9.17, 15) is 4.79 Å². The average Bonchev–Trinajstić information content (AvgIpc) is 2.46. The maximum absolute atomic E-state index is 11.9. The molecule has 2 rings (SSSR count). The third-order valence-corrected chi connectivity index (χ3v) is 2.50. The van der Waals surface area contributed by atoms with Gasteiger partial charge in [0.05, 0.1) is 12.2 Å². The number of benzene rings is 2. The molecule has 0 fully saturated rings. The Hall–Kier alpha value is -2.33. The Kier molecular flexibility index (Phi) is 4.53. The topological polar surface area (TPSA) is 58.6 Å². The fourth-order valence-corrected chi connectivity index (χ4v) is 1.62. The molecule has 2 N–H and O–H groups in total. The van der Waals surface area contributed by atoms with Crippen LogP contribution in [-0.2, 0) is 0 Å². The van der Waals surface area contributed by atoms with Gasteiger partial charge < -0.3 is 15.2 Å². The van der Waals surface area contributed by atoms with Gasteiger partial charge >= 0.3 is 0 Å². The highest BCUT2D eigenvalue weighted by Gasteiger charge is 2.11. The minimum Gasteiger partial charge on any atom is -0.457 e. The van der Waals surface area contributed by atoms with Crippen molar-refractivity contribution in [3.63, 3.8) is 0 Å². The summed E-state index contributed by atoms with van der Waals surface area (Å²) in [5, 5.41) is 11.3. The smallest absolute Gasteiger partial charge is 0.255 e. The molecule has 0 aromatic heterocycles. The first kappa shape index (κ1) is 13.1. The zero-order valence-electron chi connectivity index (χ0n) is 10.4. The van der Waals surface area contributed by atoms with Gasteiger partial charge in [0.1, 0.15) is 11.5 Å². The lowest BCUT2D eigenvalue weighted by molar-refractivity contribution is 0.0942. The average molecular weight is 257 g/mol. The lowest BCUT2D eigenvalue weighted by atomic mass is 10.2. The van der Waals surface area contributed by atoms with Crippen LogP contribution in [0.1, 0.15) is 10.4 Å². The van der Waals surface area contributed by atoms with Crippen molar-refractivity contribution >= 4 is 5.91 Å². The quantitative estimate of drug-likeness (QED) is 0.863. The standard InChI is InChI=1S/C15H15NO3/c17-11-10-16-15(18)13-8-4-5-9-14(13)19-12-6-2-1-3-7-12/h1-9,17H,10-11H2,(H,16,18). The van der Waals surface area contributed by atoms with E-state index in [4.69, 9.17) is 9.84 Å². The third-order valence-electron chi connectivity index (χ3n) is 2.50. The molecule has 4 nitrogen and oxygen atoms in total. The Morgan fingerprint density at radius 3 is 2.47 bits per heavy atom. The monoisotopic (exact) mass is 257 g/mol. The molecular weight excluding hydrogens is 242 g/mol. The maximum atomic E-state index is 11.9. The second-order valence-corrected chi connectivity index (χ2v) is 3.89. The number of amides is 1. The van der Waals surface area contributed by atoms with Crippen molar-refractivity contribution in [2.45, 2.75) is 0 Å². The minimum absolute atomic E-state index is 0.0898. The van der Waals surface area contributed by atoms with E-state index >= 15 is 0 Å². The van der Waals surface area contributed by atoms with Crippen molar-refractivity contribution in [3.8, 4) is 11.5 Å². The lowest BCUT2D eigenvalue weighted by Crippen LogP contribution is -2.26. The zero-order valence-corrected chi connectivity index (χ0v) is 10.4.